The number of carbonyl (C=O) groups is 1. The molecule has 0 saturated carbocycles. The number of benzene rings is 1. The van der Waals surface area contributed by atoms with Crippen LogP contribution in [-0.4, -0.2) is 26.9 Å². The Morgan fingerprint density at radius 1 is 1.30 bits per heavy atom. The van der Waals surface area contributed by atoms with Crippen LogP contribution in [0.1, 0.15) is 39.2 Å². The molecule has 0 saturated heterocycles. The monoisotopic (exact) mass is 417 g/mol. The van der Waals surface area contributed by atoms with Gasteiger partial charge in [0.1, 0.15) is 5.82 Å². The smallest absolute Gasteiger partial charge is 0.330 e. The molecule has 2 rings (SSSR count). The van der Waals surface area contributed by atoms with Crippen molar-refractivity contribution in [1.29, 1.82) is 0 Å². The molecule has 30 heavy (non-hydrogen) atoms. The van der Waals surface area contributed by atoms with Crippen molar-refractivity contribution in [1.82, 2.24) is 9.55 Å². The van der Waals surface area contributed by atoms with Gasteiger partial charge in [-0.05, 0) is 12.3 Å². The number of unbranched alkanes of at least 4 members (excludes halogenated alkanes) is 1. The molecular weight excluding hydrogens is 390 g/mol. The van der Waals surface area contributed by atoms with E-state index in [9.17, 15) is 24.5 Å². The molecule has 0 unspecified atom stereocenters. The average molecular weight is 417 g/mol. The third-order valence-electron chi connectivity index (χ3n) is 4.60. The SMILES string of the molecule is CCCCn1c(N)c(N(CC(C)C)C(=O)Cc2ccccc2[N+](=O)[O-])c(=O)[nH]c1=O. The number of H-pyrrole nitrogens is 1. The number of hydrogen-bond donors (Lipinski definition) is 2. The number of aromatic amines is 1. The van der Waals surface area contributed by atoms with E-state index in [2.05, 4.69) is 4.98 Å². The number of nitrogens with zero attached hydrogens (tertiary/aromatic N) is 3. The highest BCUT2D eigenvalue weighted by atomic mass is 16.6. The molecule has 0 aliphatic carbocycles. The number of nitro groups is 1. The summed E-state index contributed by atoms with van der Waals surface area (Å²) >= 11 is 0. The summed E-state index contributed by atoms with van der Waals surface area (Å²) in [7, 11) is 0. The van der Waals surface area contributed by atoms with Crippen LogP contribution < -0.4 is 21.9 Å². The van der Waals surface area contributed by atoms with Crippen molar-refractivity contribution in [3.05, 3.63) is 60.8 Å². The van der Waals surface area contributed by atoms with Crippen LogP contribution in [0, 0.1) is 16.0 Å². The second kappa shape index (κ2) is 9.86. The molecule has 0 atom stereocenters. The van der Waals surface area contributed by atoms with Crippen molar-refractivity contribution >= 4 is 23.1 Å². The molecule has 0 aliphatic heterocycles. The lowest BCUT2D eigenvalue weighted by Crippen LogP contribution is -2.43. The van der Waals surface area contributed by atoms with Gasteiger partial charge in [-0.1, -0.05) is 45.4 Å². The van der Waals surface area contributed by atoms with Crippen molar-refractivity contribution in [3.8, 4) is 0 Å². The molecule has 0 fully saturated rings. The van der Waals surface area contributed by atoms with Crippen LogP contribution in [0.25, 0.3) is 0 Å². The zero-order valence-corrected chi connectivity index (χ0v) is 17.4. The molecule has 10 heteroatoms. The lowest BCUT2D eigenvalue weighted by atomic mass is 10.1. The van der Waals surface area contributed by atoms with E-state index in [-0.39, 0.29) is 41.6 Å². The third-order valence-corrected chi connectivity index (χ3v) is 4.60. The van der Waals surface area contributed by atoms with E-state index in [4.69, 9.17) is 5.73 Å². The number of nitrogen functional groups attached to an aromatic ring is 1. The summed E-state index contributed by atoms with van der Waals surface area (Å²) in [6.45, 7) is 6.15. The van der Waals surface area contributed by atoms with Gasteiger partial charge < -0.3 is 10.6 Å². The normalized spacial score (nSPS) is 10.9. The summed E-state index contributed by atoms with van der Waals surface area (Å²) in [6.07, 6.45) is 1.20. The van der Waals surface area contributed by atoms with E-state index in [1.165, 1.54) is 27.7 Å². The second-order valence-electron chi connectivity index (χ2n) is 7.46. The van der Waals surface area contributed by atoms with Crippen LogP contribution in [0.15, 0.2) is 33.9 Å². The summed E-state index contributed by atoms with van der Waals surface area (Å²) in [5.41, 5.74) is 4.70. The Morgan fingerprint density at radius 2 is 1.97 bits per heavy atom. The lowest BCUT2D eigenvalue weighted by Gasteiger charge is -2.26. The van der Waals surface area contributed by atoms with E-state index >= 15 is 0 Å². The number of nitrogens with two attached hydrogens (primary N) is 1. The van der Waals surface area contributed by atoms with Crippen LogP contribution >= 0.6 is 0 Å². The quantitative estimate of drug-likeness (QED) is 0.472. The van der Waals surface area contributed by atoms with Gasteiger partial charge in [-0.25, -0.2) is 4.79 Å². The molecule has 0 spiro atoms. The van der Waals surface area contributed by atoms with Crippen molar-refractivity contribution < 1.29 is 9.72 Å². The first-order chi connectivity index (χ1) is 14.2. The fraction of sp³-hybridized carbons (Fsp3) is 0.450. The maximum absolute atomic E-state index is 13.1. The van der Waals surface area contributed by atoms with Crippen LogP contribution in [0.2, 0.25) is 0 Å². The van der Waals surface area contributed by atoms with Crippen molar-refractivity contribution in [3.63, 3.8) is 0 Å². The molecule has 1 aromatic carbocycles. The number of para-hydroxylation sites is 1. The van der Waals surface area contributed by atoms with E-state index in [0.717, 1.165) is 6.42 Å². The largest absolute Gasteiger partial charge is 0.383 e. The van der Waals surface area contributed by atoms with Crippen LogP contribution in [0.4, 0.5) is 17.2 Å². The molecule has 0 aliphatic rings. The number of nitrogens with one attached hydrogen (secondary N) is 1. The van der Waals surface area contributed by atoms with Gasteiger partial charge in [-0.15, -0.1) is 0 Å². The minimum absolute atomic E-state index is 0.0190. The zero-order valence-electron chi connectivity index (χ0n) is 17.4. The van der Waals surface area contributed by atoms with E-state index in [1.807, 2.05) is 20.8 Å². The van der Waals surface area contributed by atoms with Gasteiger partial charge >= 0.3 is 5.69 Å². The predicted molar refractivity (Wildman–Crippen MR) is 115 cm³/mol. The molecule has 0 radical (unpaired) electrons. The van der Waals surface area contributed by atoms with Gasteiger partial charge in [0.25, 0.3) is 11.2 Å². The van der Waals surface area contributed by atoms with Gasteiger partial charge in [-0.2, -0.15) is 0 Å². The first-order valence-electron chi connectivity index (χ1n) is 9.82. The molecule has 3 N–H and O–H groups in total. The van der Waals surface area contributed by atoms with Crippen LogP contribution in [-0.2, 0) is 17.8 Å². The Hall–Kier alpha value is -3.43. The molecule has 162 valence electrons. The Morgan fingerprint density at radius 3 is 2.57 bits per heavy atom. The number of aromatic nitrogens is 2. The van der Waals surface area contributed by atoms with Crippen LogP contribution in [0.3, 0.4) is 0 Å². The van der Waals surface area contributed by atoms with Gasteiger partial charge in [0.2, 0.25) is 5.91 Å². The minimum atomic E-state index is -0.762. The molecule has 1 amide bonds. The molecule has 1 heterocycles. The second-order valence-corrected chi connectivity index (χ2v) is 7.46. The van der Waals surface area contributed by atoms with Crippen molar-refractivity contribution in [2.45, 2.75) is 46.6 Å². The maximum atomic E-state index is 13.1. The topological polar surface area (TPSA) is 144 Å². The Bertz CT molecular complexity index is 1040. The molecule has 10 nitrogen and oxygen atoms in total. The standard InChI is InChI=1S/C20H27N5O5/c1-4-5-10-23-18(21)17(19(27)22-20(23)28)24(12-13(2)3)16(26)11-14-8-6-7-9-15(14)25(29)30/h6-9,13H,4-5,10-12,21H2,1-3H3,(H,22,27,28). The number of carbonyl (C=O) groups excluding carboxylic acids is 1. The summed E-state index contributed by atoms with van der Waals surface area (Å²) in [5.74, 6) is -0.626. The Balaban J connectivity index is 2.53. The first kappa shape index (κ1) is 22.9. The van der Waals surface area contributed by atoms with Crippen LogP contribution in [0.5, 0.6) is 0 Å². The van der Waals surface area contributed by atoms with E-state index in [0.29, 0.717) is 13.0 Å². The fourth-order valence-electron chi connectivity index (χ4n) is 3.16. The molecule has 2 aromatic rings. The van der Waals surface area contributed by atoms with Gasteiger partial charge in [0.05, 0.1) is 11.3 Å². The highest BCUT2D eigenvalue weighted by Gasteiger charge is 2.26. The molecule has 0 bridgehead atoms. The van der Waals surface area contributed by atoms with Gasteiger partial charge in [0.15, 0.2) is 5.69 Å². The molecule has 1 aromatic heterocycles. The number of nitro benzene ring substituents is 1. The Kier molecular flexibility index (Phi) is 7.51. The van der Waals surface area contributed by atoms with Crippen molar-refractivity contribution in [2.24, 2.45) is 5.92 Å². The number of amides is 1. The van der Waals surface area contributed by atoms with Gasteiger partial charge in [0, 0.05) is 24.7 Å². The minimum Gasteiger partial charge on any atom is -0.383 e. The maximum Gasteiger partial charge on any atom is 0.330 e. The summed E-state index contributed by atoms with van der Waals surface area (Å²) in [6, 6.07) is 5.94. The molecular formula is C20H27N5O5. The Labute approximate surface area is 173 Å². The van der Waals surface area contributed by atoms with Crippen molar-refractivity contribution in [2.75, 3.05) is 17.2 Å². The average Bonchev–Trinajstić information content (AvgIpc) is 2.66. The lowest BCUT2D eigenvalue weighted by molar-refractivity contribution is -0.385. The highest BCUT2D eigenvalue weighted by Crippen LogP contribution is 2.23. The van der Waals surface area contributed by atoms with E-state index < -0.39 is 22.1 Å². The summed E-state index contributed by atoms with van der Waals surface area (Å²) in [5, 5.41) is 11.3. The fourth-order valence-corrected chi connectivity index (χ4v) is 3.16. The predicted octanol–water partition coefficient (Wildman–Crippen LogP) is 2.06. The number of rotatable bonds is 9. The zero-order chi connectivity index (χ0) is 22.4. The highest BCUT2D eigenvalue weighted by molar-refractivity contribution is 5.97. The third kappa shape index (κ3) is 5.13. The van der Waals surface area contributed by atoms with E-state index in [1.54, 1.807) is 6.07 Å². The number of hydrogen-bond acceptors (Lipinski definition) is 6. The summed E-state index contributed by atoms with van der Waals surface area (Å²) in [4.78, 5) is 52.1. The summed E-state index contributed by atoms with van der Waals surface area (Å²) < 4.78 is 1.24. The van der Waals surface area contributed by atoms with Gasteiger partial charge in [-0.3, -0.25) is 29.3 Å². The first-order valence-corrected chi connectivity index (χ1v) is 9.82. The number of anilines is 2.